The number of hydrogen-bond donors (Lipinski definition) is 0. The van der Waals surface area contributed by atoms with Crippen molar-refractivity contribution in [3.05, 3.63) is 354 Å². The van der Waals surface area contributed by atoms with Crippen LogP contribution in [0.15, 0.2) is 309 Å². The third kappa shape index (κ3) is 7.97. The monoisotopic (exact) mass is 1180 g/mol. The van der Waals surface area contributed by atoms with Gasteiger partial charge in [0.25, 0.3) is 0 Å². The van der Waals surface area contributed by atoms with Crippen LogP contribution in [0.2, 0.25) is 0 Å². The maximum atomic E-state index is 2.75. The molecule has 1 heteroatoms. The highest BCUT2D eigenvalue weighted by Gasteiger charge is 2.63. The normalized spacial score (nSPS) is 19.6. The van der Waals surface area contributed by atoms with Gasteiger partial charge in [-0.25, -0.2) is 0 Å². The van der Waals surface area contributed by atoms with Gasteiger partial charge in [0.1, 0.15) is 0 Å². The first kappa shape index (κ1) is 53.5. The van der Waals surface area contributed by atoms with Crippen molar-refractivity contribution in [1.29, 1.82) is 0 Å². The molecule has 1 nitrogen and oxygen atoms in total. The molecule has 0 radical (unpaired) electrons. The Balaban J connectivity index is 0.874. The summed E-state index contributed by atoms with van der Waals surface area (Å²) in [4.78, 5) is 2.75. The smallest absolute Gasteiger partial charge is 0.0720 e. The molecule has 13 aromatic rings. The van der Waals surface area contributed by atoms with E-state index in [9.17, 15) is 0 Å². The van der Waals surface area contributed by atoms with Crippen LogP contribution in [0.5, 0.6) is 0 Å². The number of hydrogen-bond acceptors (Lipinski definition) is 1. The second-order valence-corrected chi connectivity index (χ2v) is 27.3. The Labute approximate surface area is 541 Å². The van der Waals surface area contributed by atoms with Gasteiger partial charge in [0, 0.05) is 16.7 Å². The minimum atomic E-state index is -0.695. The zero-order valence-corrected chi connectivity index (χ0v) is 51.7. The van der Waals surface area contributed by atoms with Crippen LogP contribution in [0.3, 0.4) is 0 Å². The predicted octanol–water partition coefficient (Wildman–Crippen LogP) is 23.3. The van der Waals surface area contributed by atoms with Crippen molar-refractivity contribution in [3.63, 3.8) is 0 Å². The fourth-order valence-corrected chi connectivity index (χ4v) is 19.5. The topological polar surface area (TPSA) is 3.24 Å². The van der Waals surface area contributed by atoms with Crippen molar-refractivity contribution in [1.82, 2.24) is 0 Å². The molecule has 4 fully saturated rings. The van der Waals surface area contributed by atoms with Crippen molar-refractivity contribution in [2.45, 2.75) is 55.8 Å². The Morgan fingerprint density at radius 1 is 0.250 bits per heavy atom. The van der Waals surface area contributed by atoms with Gasteiger partial charge in [-0.05, 0) is 221 Å². The highest BCUT2D eigenvalue weighted by atomic mass is 15.2. The molecule has 0 aliphatic heterocycles. The number of para-hydroxylation sites is 1. The first-order valence-corrected chi connectivity index (χ1v) is 33.7. The van der Waals surface area contributed by atoms with Gasteiger partial charge in [0.15, 0.2) is 0 Å². The molecule has 0 saturated heterocycles. The van der Waals surface area contributed by atoms with Crippen molar-refractivity contribution in [2.75, 3.05) is 4.90 Å². The van der Waals surface area contributed by atoms with E-state index in [1.807, 2.05) is 0 Å². The van der Waals surface area contributed by atoms with E-state index in [-0.39, 0.29) is 5.41 Å². The first-order chi connectivity index (χ1) is 45.6. The highest BCUT2D eigenvalue weighted by molar-refractivity contribution is 5.98. The summed E-state index contributed by atoms with van der Waals surface area (Å²) in [5.41, 5.74) is 34.6. The number of nitrogens with zero attached hydrogens (tertiary/aromatic N) is 1. The van der Waals surface area contributed by atoms with Crippen LogP contribution in [0, 0.1) is 23.7 Å². The molecule has 0 unspecified atom stereocenters. The third-order valence-corrected chi connectivity index (χ3v) is 22.9. The molecular formula is C91H69N. The summed E-state index contributed by atoms with van der Waals surface area (Å²) in [5, 5.41) is 0. The first-order valence-electron chi connectivity index (χ1n) is 33.7. The molecule has 4 bridgehead atoms. The lowest BCUT2D eigenvalue weighted by atomic mass is 9.43. The van der Waals surface area contributed by atoms with E-state index in [0.29, 0.717) is 11.8 Å². The summed E-state index contributed by atoms with van der Waals surface area (Å²) < 4.78 is 0. The third-order valence-electron chi connectivity index (χ3n) is 22.9. The molecule has 4 saturated carbocycles. The van der Waals surface area contributed by atoms with Crippen LogP contribution in [-0.2, 0) is 23.7 Å². The molecule has 0 N–H and O–H groups in total. The maximum absolute atomic E-state index is 2.75. The standard InChI is InChI=1S/C91H69N/c1-4-19-61(20-5-1)64-37-43-67(44-38-64)73-28-16-33-84-78(73)51-52-79-74(68-45-39-65(40-46-68)62-21-6-2-7-22-62)29-17-34-85(79)91(84)83-32-14-10-26-76(83)80-50-49-72(58-86(80)91)92(87-35-15-12-25-75(87)69-47-41-66(42-48-69)63-23-8-3-9-24-63)88-36-18-30-81-77-27-11-13-31-82(77)90(89(81)88)70-54-59-53-60(56-70)57-71(90)55-59/h1-50,58-60,70-71H,51-57H2. The fraction of sp³-hybridized carbons (Fsp3) is 0.143. The van der Waals surface area contributed by atoms with E-state index in [2.05, 4.69) is 314 Å². The van der Waals surface area contributed by atoms with Crippen molar-refractivity contribution in [3.8, 4) is 89.0 Å². The summed E-state index contributed by atoms with van der Waals surface area (Å²) in [6, 6.07) is 119. The average Bonchev–Trinajstić information content (AvgIpc) is 1.48. The largest absolute Gasteiger partial charge is 0.310 e. The molecule has 0 aromatic heterocycles. The summed E-state index contributed by atoms with van der Waals surface area (Å²) in [5.74, 6) is 2.83. The Hall–Kier alpha value is -10.3. The summed E-state index contributed by atoms with van der Waals surface area (Å²) in [7, 11) is 0. The van der Waals surface area contributed by atoms with Gasteiger partial charge in [-0.3, -0.25) is 0 Å². The van der Waals surface area contributed by atoms with Crippen LogP contribution in [0.4, 0.5) is 17.1 Å². The lowest BCUT2D eigenvalue weighted by Gasteiger charge is -2.61. The average molecular weight is 1180 g/mol. The van der Waals surface area contributed by atoms with Gasteiger partial charge in [-0.1, -0.05) is 285 Å². The van der Waals surface area contributed by atoms with Gasteiger partial charge in [-0.2, -0.15) is 0 Å². The minimum Gasteiger partial charge on any atom is -0.310 e. The fourth-order valence-electron chi connectivity index (χ4n) is 19.5. The minimum absolute atomic E-state index is 0.0841. The Kier molecular flexibility index (Phi) is 12.3. The van der Waals surface area contributed by atoms with Crippen LogP contribution >= 0.6 is 0 Å². The quantitative estimate of drug-likeness (QED) is 0.139. The van der Waals surface area contributed by atoms with Gasteiger partial charge < -0.3 is 4.90 Å². The summed E-state index contributed by atoms with van der Waals surface area (Å²) in [6.45, 7) is 0. The number of rotatable bonds is 9. The maximum Gasteiger partial charge on any atom is 0.0720 e. The lowest BCUT2D eigenvalue weighted by Crippen LogP contribution is -2.55. The predicted molar refractivity (Wildman–Crippen MR) is 382 cm³/mol. The van der Waals surface area contributed by atoms with Gasteiger partial charge in [-0.15, -0.1) is 0 Å². The van der Waals surface area contributed by atoms with E-state index in [1.165, 1.54) is 172 Å². The Bertz CT molecular complexity index is 4850. The second-order valence-electron chi connectivity index (χ2n) is 27.3. The van der Waals surface area contributed by atoms with Crippen LogP contribution in [0.1, 0.15) is 76.6 Å². The van der Waals surface area contributed by atoms with Crippen molar-refractivity contribution < 1.29 is 0 Å². The molecule has 13 aromatic carbocycles. The molecule has 0 amide bonds. The molecule has 0 heterocycles. The van der Waals surface area contributed by atoms with E-state index in [1.54, 1.807) is 11.1 Å². The second kappa shape index (κ2) is 21.1. The molecular weight excluding hydrogens is 1110 g/mol. The van der Waals surface area contributed by atoms with E-state index in [4.69, 9.17) is 0 Å². The molecule has 0 atom stereocenters. The zero-order chi connectivity index (χ0) is 60.5. The highest BCUT2D eigenvalue weighted by Crippen LogP contribution is 2.71. The molecule has 438 valence electrons. The van der Waals surface area contributed by atoms with E-state index >= 15 is 0 Å². The summed E-state index contributed by atoms with van der Waals surface area (Å²) in [6.07, 6.45) is 8.46. The van der Waals surface area contributed by atoms with E-state index < -0.39 is 5.41 Å². The van der Waals surface area contributed by atoms with Crippen molar-refractivity contribution >= 4 is 17.1 Å². The van der Waals surface area contributed by atoms with Gasteiger partial charge in [0.05, 0.1) is 16.8 Å². The number of benzene rings is 13. The van der Waals surface area contributed by atoms with Crippen LogP contribution < -0.4 is 4.90 Å². The zero-order valence-electron chi connectivity index (χ0n) is 51.7. The molecule has 92 heavy (non-hydrogen) atoms. The number of anilines is 3. The lowest BCUT2D eigenvalue weighted by molar-refractivity contribution is -0.0397. The van der Waals surface area contributed by atoms with Gasteiger partial charge >= 0.3 is 0 Å². The SMILES string of the molecule is c1ccc(-c2ccc(-c3ccccc3N(c3ccc4c(c3)C3(c5ccccc5-4)c4cccc(-c5ccc(-c6ccccc6)cc5)c4CCc4c(-c5ccc(-c6ccccc6)cc5)cccc43)c3cccc4c3C3(c5ccccc5-4)C4CC5CC(C4)CC3C5)cc2)cc1. The summed E-state index contributed by atoms with van der Waals surface area (Å²) >= 11 is 0. The molecule has 7 aliphatic carbocycles. The number of fused-ring (bicyclic) bond motifs is 12. The molecule has 2 spiro atoms. The van der Waals surface area contributed by atoms with Crippen LogP contribution in [0.25, 0.3) is 89.0 Å². The Morgan fingerprint density at radius 3 is 1.15 bits per heavy atom. The Morgan fingerprint density at radius 2 is 0.620 bits per heavy atom. The van der Waals surface area contributed by atoms with Gasteiger partial charge in [0.2, 0.25) is 0 Å². The molecule has 7 aliphatic rings. The van der Waals surface area contributed by atoms with E-state index in [0.717, 1.165) is 24.7 Å². The van der Waals surface area contributed by atoms with Crippen LogP contribution in [-0.4, -0.2) is 0 Å². The molecule has 20 rings (SSSR count). The van der Waals surface area contributed by atoms with Crippen molar-refractivity contribution in [2.24, 2.45) is 23.7 Å².